The van der Waals surface area contributed by atoms with E-state index < -0.39 is 6.18 Å². The number of hydrogen-bond acceptors (Lipinski definition) is 2. The number of nitrogens with one attached hydrogen (secondary N) is 1. The van der Waals surface area contributed by atoms with E-state index in [4.69, 9.17) is 0 Å². The Labute approximate surface area is 106 Å². The van der Waals surface area contributed by atoms with Crippen LogP contribution in [0.15, 0.2) is 11.6 Å². The summed E-state index contributed by atoms with van der Waals surface area (Å²) in [5.41, 5.74) is -0.0938. The van der Waals surface area contributed by atoms with E-state index in [1.54, 1.807) is 0 Å². The molecule has 0 aromatic rings. The molecular weight excluding hydrogens is 241 g/mol. The smallest absolute Gasteiger partial charge is 0.317 e. The average molecular weight is 262 g/mol. The van der Waals surface area contributed by atoms with Crippen molar-refractivity contribution in [3.05, 3.63) is 11.6 Å². The van der Waals surface area contributed by atoms with Gasteiger partial charge in [-0.2, -0.15) is 13.2 Å². The van der Waals surface area contributed by atoms with Crippen LogP contribution in [0.1, 0.15) is 26.2 Å². The second-order valence-electron chi connectivity index (χ2n) is 5.77. The molecule has 18 heavy (non-hydrogen) atoms. The molecule has 0 aromatic carbocycles. The van der Waals surface area contributed by atoms with Crippen molar-refractivity contribution in [2.24, 2.45) is 5.41 Å². The molecule has 0 unspecified atom stereocenters. The molecule has 0 spiro atoms. The van der Waals surface area contributed by atoms with Gasteiger partial charge in [-0.25, -0.2) is 0 Å². The fourth-order valence-corrected chi connectivity index (χ4v) is 2.84. The number of piperidine rings is 1. The van der Waals surface area contributed by atoms with E-state index in [0.717, 1.165) is 32.5 Å². The van der Waals surface area contributed by atoms with Gasteiger partial charge in [-0.1, -0.05) is 13.0 Å². The molecule has 2 heterocycles. The van der Waals surface area contributed by atoms with Crippen molar-refractivity contribution in [2.75, 3.05) is 32.7 Å². The van der Waals surface area contributed by atoms with E-state index in [9.17, 15) is 13.2 Å². The van der Waals surface area contributed by atoms with Crippen LogP contribution in [-0.2, 0) is 0 Å². The summed E-state index contributed by atoms with van der Waals surface area (Å²) < 4.78 is 37.5. The zero-order valence-electron chi connectivity index (χ0n) is 10.8. The van der Waals surface area contributed by atoms with Gasteiger partial charge in [-0.3, -0.25) is 4.90 Å². The van der Waals surface area contributed by atoms with Crippen LogP contribution in [0.4, 0.5) is 13.2 Å². The Balaban J connectivity index is 1.88. The zero-order valence-corrected chi connectivity index (χ0v) is 10.8. The standard InChI is InChI=1S/C13H21F3N2/c1-12(4-6-17-7-5-12)10-18-8-2-11(3-9-18)13(14,15)16/h2,17H,3-10H2,1H3. The van der Waals surface area contributed by atoms with Gasteiger partial charge < -0.3 is 5.32 Å². The first-order valence-corrected chi connectivity index (χ1v) is 6.58. The number of nitrogens with zero attached hydrogens (tertiary/aromatic N) is 1. The normalized spacial score (nSPS) is 25.9. The Hall–Kier alpha value is -0.550. The van der Waals surface area contributed by atoms with Crippen molar-refractivity contribution in [3.8, 4) is 0 Å². The summed E-state index contributed by atoms with van der Waals surface area (Å²) in [5.74, 6) is 0. The molecule has 2 aliphatic heterocycles. The second kappa shape index (κ2) is 5.21. The highest BCUT2D eigenvalue weighted by Gasteiger charge is 2.36. The summed E-state index contributed by atoms with van der Waals surface area (Å²) in [6.45, 7) is 6.18. The maximum atomic E-state index is 12.5. The summed E-state index contributed by atoms with van der Waals surface area (Å²) >= 11 is 0. The lowest BCUT2D eigenvalue weighted by molar-refractivity contribution is -0.0963. The molecule has 0 aliphatic carbocycles. The SMILES string of the molecule is CC1(CN2CC=C(C(F)(F)F)CC2)CCNCC1. The predicted octanol–water partition coefficient (Wildman–Crippen LogP) is 2.57. The van der Waals surface area contributed by atoms with Crippen molar-refractivity contribution < 1.29 is 13.2 Å². The highest BCUT2D eigenvalue weighted by atomic mass is 19.4. The van der Waals surface area contributed by atoms with Gasteiger partial charge in [0, 0.05) is 25.2 Å². The third-order valence-electron chi connectivity index (χ3n) is 4.07. The number of halogens is 3. The van der Waals surface area contributed by atoms with E-state index in [2.05, 4.69) is 17.1 Å². The topological polar surface area (TPSA) is 15.3 Å². The van der Waals surface area contributed by atoms with Crippen LogP contribution in [0.3, 0.4) is 0 Å². The van der Waals surface area contributed by atoms with Crippen LogP contribution in [0.5, 0.6) is 0 Å². The molecular formula is C13H21F3N2. The first-order valence-electron chi connectivity index (χ1n) is 6.58. The molecule has 1 fully saturated rings. The highest BCUT2D eigenvalue weighted by Crippen LogP contribution is 2.33. The zero-order chi connectivity index (χ0) is 13.2. The minimum Gasteiger partial charge on any atom is -0.317 e. The molecule has 2 rings (SSSR count). The van der Waals surface area contributed by atoms with Crippen LogP contribution in [-0.4, -0.2) is 43.8 Å². The lowest BCUT2D eigenvalue weighted by Gasteiger charge is -2.39. The number of alkyl halides is 3. The van der Waals surface area contributed by atoms with Crippen molar-refractivity contribution in [2.45, 2.75) is 32.4 Å². The van der Waals surface area contributed by atoms with Gasteiger partial charge >= 0.3 is 6.18 Å². The maximum absolute atomic E-state index is 12.5. The molecule has 0 amide bonds. The van der Waals surface area contributed by atoms with Crippen molar-refractivity contribution in [1.82, 2.24) is 10.2 Å². The highest BCUT2D eigenvalue weighted by molar-refractivity contribution is 5.13. The van der Waals surface area contributed by atoms with E-state index in [-0.39, 0.29) is 17.4 Å². The largest absolute Gasteiger partial charge is 0.412 e. The molecule has 2 aliphatic rings. The molecule has 0 radical (unpaired) electrons. The van der Waals surface area contributed by atoms with Gasteiger partial charge in [0.1, 0.15) is 0 Å². The lowest BCUT2D eigenvalue weighted by atomic mass is 9.80. The summed E-state index contributed by atoms with van der Waals surface area (Å²) in [7, 11) is 0. The van der Waals surface area contributed by atoms with Crippen molar-refractivity contribution >= 4 is 0 Å². The molecule has 0 aromatic heterocycles. The van der Waals surface area contributed by atoms with E-state index in [1.165, 1.54) is 6.08 Å². The monoisotopic (exact) mass is 262 g/mol. The van der Waals surface area contributed by atoms with Gasteiger partial charge in [0.05, 0.1) is 0 Å². The van der Waals surface area contributed by atoms with E-state index in [1.807, 2.05) is 0 Å². The van der Waals surface area contributed by atoms with Crippen LogP contribution in [0.25, 0.3) is 0 Å². The first-order chi connectivity index (χ1) is 8.39. The van der Waals surface area contributed by atoms with Gasteiger partial charge in [0.25, 0.3) is 0 Å². The second-order valence-corrected chi connectivity index (χ2v) is 5.77. The number of hydrogen-bond donors (Lipinski definition) is 1. The molecule has 5 heteroatoms. The Morgan fingerprint density at radius 2 is 2.00 bits per heavy atom. The quantitative estimate of drug-likeness (QED) is 0.769. The van der Waals surface area contributed by atoms with Gasteiger partial charge in [0.15, 0.2) is 0 Å². The molecule has 0 saturated carbocycles. The predicted molar refractivity (Wildman–Crippen MR) is 65.4 cm³/mol. The molecule has 104 valence electrons. The van der Waals surface area contributed by atoms with Gasteiger partial charge in [-0.05, 0) is 37.8 Å². The Morgan fingerprint density at radius 3 is 2.50 bits per heavy atom. The van der Waals surface area contributed by atoms with E-state index >= 15 is 0 Å². The fourth-order valence-electron chi connectivity index (χ4n) is 2.84. The Kier molecular flexibility index (Phi) is 4.02. The summed E-state index contributed by atoms with van der Waals surface area (Å²) in [4.78, 5) is 2.15. The Morgan fingerprint density at radius 1 is 1.33 bits per heavy atom. The molecule has 1 saturated heterocycles. The van der Waals surface area contributed by atoms with Crippen LogP contribution >= 0.6 is 0 Å². The lowest BCUT2D eigenvalue weighted by Crippen LogP contribution is -2.44. The molecule has 0 atom stereocenters. The first kappa shape index (κ1) is 13.9. The van der Waals surface area contributed by atoms with Gasteiger partial charge in [-0.15, -0.1) is 0 Å². The third-order valence-corrected chi connectivity index (χ3v) is 4.07. The summed E-state index contributed by atoms with van der Waals surface area (Å²) in [5, 5.41) is 3.32. The van der Waals surface area contributed by atoms with E-state index in [0.29, 0.717) is 13.1 Å². The van der Waals surface area contributed by atoms with Crippen LogP contribution in [0.2, 0.25) is 0 Å². The van der Waals surface area contributed by atoms with Crippen molar-refractivity contribution in [3.63, 3.8) is 0 Å². The minimum absolute atomic E-state index is 0.137. The van der Waals surface area contributed by atoms with Crippen molar-refractivity contribution in [1.29, 1.82) is 0 Å². The third kappa shape index (κ3) is 3.48. The average Bonchev–Trinajstić information content (AvgIpc) is 2.29. The molecule has 1 N–H and O–H groups in total. The summed E-state index contributed by atoms with van der Waals surface area (Å²) in [6, 6.07) is 0. The maximum Gasteiger partial charge on any atom is 0.412 e. The minimum atomic E-state index is -4.13. The number of rotatable bonds is 2. The molecule has 0 bridgehead atoms. The van der Waals surface area contributed by atoms with Gasteiger partial charge in [0.2, 0.25) is 0 Å². The molecule has 2 nitrogen and oxygen atoms in total. The van der Waals surface area contributed by atoms with Crippen LogP contribution in [0, 0.1) is 5.41 Å². The summed E-state index contributed by atoms with van der Waals surface area (Å²) in [6.07, 6.45) is -0.421. The Bertz CT molecular complexity index is 317. The fraction of sp³-hybridized carbons (Fsp3) is 0.846. The van der Waals surface area contributed by atoms with Crippen LogP contribution < -0.4 is 5.32 Å².